The van der Waals surface area contributed by atoms with Crippen LogP contribution in [0.2, 0.25) is 0 Å². The lowest BCUT2D eigenvalue weighted by atomic mass is 10.4. The summed E-state index contributed by atoms with van der Waals surface area (Å²) in [5.41, 5.74) is 0.635. The monoisotopic (exact) mass is 175 g/mol. The normalized spacial score (nSPS) is 11.8. The predicted molar refractivity (Wildman–Crippen MR) is 39.8 cm³/mol. The molecule has 0 atom stereocenters. The molecule has 0 fully saturated rings. The Labute approximate surface area is 65.2 Å². The van der Waals surface area contributed by atoms with Crippen molar-refractivity contribution in [2.24, 2.45) is 0 Å². The van der Waals surface area contributed by atoms with Gasteiger partial charge in [0.15, 0.2) is 16.2 Å². The van der Waals surface area contributed by atoms with Gasteiger partial charge in [-0.25, -0.2) is 13.4 Å². The first kappa shape index (κ1) is 8.26. The fourth-order valence-electron chi connectivity index (χ4n) is 0.703. The van der Waals surface area contributed by atoms with Gasteiger partial charge in [0.1, 0.15) is 11.5 Å². The van der Waals surface area contributed by atoms with Gasteiger partial charge in [0.2, 0.25) is 0 Å². The van der Waals surface area contributed by atoms with E-state index in [0.717, 1.165) is 6.26 Å². The summed E-state index contributed by atoms with van der Waals surface area (Å²) < 4.78 is 26.4. The Morgan fingerprint density at radius 3 is 2.64 bits per heavy atom. The Hall–Kier alpha value is -0.840. The van der Waals surface area contributed by atoms with E-state index in [1.54, 1.807) is 6.92 Å². The Kier molecular flexibility index (Phi) is 1.99. The summed E-state index contributed by atoms with van der Waals surface area (Å²) in [7, 11) is -3.00. The fraction of sp³-hybridized carbons (Fsp3) is 0.500. The summed E-state index contributed by atoms with van der Waals surface area (Å²) >= 11 is 0. The Balaban J connectivity index is 2.89. The average Bonchev–Trinajstić information content (AvgIpc) is 2.12. The maximum absolute atomic E-state index is 10.8. The van der Waals surface area contributed by atoms with Crippen LogP contribution in [0.15, 0.2) is 10.8 Å². The smallest absolute Gasteiger partial charge is 0.181 e. The van der Waals surface area contributed by atoms with Gasteiger partial charge in [-0.3, -0.25) is 0 Å². The van der Waals surface area contributed by atoms with Crippen LogP contribution in [0, 0.1) is 6.92 Å². The van der Waals surface area contributed by atoms with Gasteiger partial charge >= 0.3 is 0 Å². The molecule has 0 aromatic carbocycles. The summed E-state index contributed by atoms with van der Waals surface area (Å²) in [6, 6.07) is 0. The summed E-state index contributed by atoms with van der Waals surface area (Å²) in [5.74, 6) is 0.353. The molecule has 62 valence electrons. The van der Waals surface area contributed by atoms with Crippen molar-refractivity contribution in [3.63, 3.8) is 0 Å². The van der Waals surface area contributed by atoms with Crippen LogP contribution in [0.5, 0.6) is 0 Å². The van der Waals surface area contributed by atoms with Crippen molar-refractivity contribution < 1.29 is 12.8 Å². The van der Waals surface area contributed by atoms with E-state index in [9.17, 15) is 8.42 Å². The number of hydrogen-bond acceptors (Lipinski definition) is 4. The van der Waals surface area contributed by atoms with Gasteiger partial charge in [0.05, 0.1) is 5.69 Å². The molecule has 0 bridgehead atoms. The minimum Gasteiger partial charge on any atom is -0.447 e. The highest BCUT2D eigenvalue weighted by Crippen LogP contribution is 2.08. The molecule has 0 radical (unpaired) electrons. The largest absolute Gasteiger partial charge is 0.447 e. The molecule has 0 amide bonds. The molecule has 0 spiro atoms. The first-order valence-corrected chi connectivity index (χ1v) is 5.12. The van der Waals surface area contributed by atoms with Crippen LogP contribution in [0.25, 0.3) is 0 Å². The minimum absolute atomic E-state index is 0.0706. The van der Waals surface area contributed by atoms with Crippen LogP contribution < -0.4 is 0 Å². The average molecular weight is 175 g/mol. The lowest BCUT2D eigenvalue weighted by Gasteiger charge is -1.92. The third-order valence-electron chi connectivity index (χ3n) is 1.24. The number of rotatable bonds is 2. The Morgan fingerprint density at radius 1 is 1.64 bits per heavy atom. The Morgan fingerprint density at radius 2 is 2.27 bits per heavy atom. The molecule has 4 nitrogen and oxygen atoms in total. The second kappa shape index (κ2) is 2.65. The first-order chi connectivity index (χ1) is 4.99. The summed E-state index contributed by atoms with van der Waals surface area (Å²) in [5, 5.41) is 0. The van der Waals surface area contributed by atoms with Crippen molar-refractivity contribution in [3.05, 3.63) is 17.8 Å². The summed E-state index contributed by atoms with van der Waals surface area (Å²) in [6.45, 7) is 1.71. The molecule has 0 saturated heterocycles. The lowest BCUT2D eigenvalue weighted by molar-refractivity contribution is 0.514. The van der Waals surface area contributed by atoms with Crippen molar-refractivity contribution in [3.8, 4) is 0 Å². The number of oxazole rings is 1. The highest BCUT2D eigenvalue weighted by Gasteiger charge is 2.10. The van der Waals surface area contributed by atoms with Crippen LogP contribution in [0.4, 0.5) is 0 Å². The summed E-state index contributed by atoms with van der Waals surface area (Å²) in [6.07, 6.45) is 2.41. The van der Waals surface area contributed by atoms with E-state index < -0.39 is 9.84 Å². The molecular weight excluding hydrogens is 166 g/mol. The predicted octanol–water partition coefficient (Wildman–Crippen LogP) is 0.528. The number of aryl methyl sites for hydroxylation is 1. The fourth-order valence-corrected chi connectivity index (χ4v) is 1.46. The SMILES string of the molecule is Cc1ncoc1CS(C)(=O)=O. The van der Waals surface area contributed by atoms with Crippen molar-refractivity contribution >= 4 is 9.84 Å². The molecule has 1 aromatic heterocycles. The number of nitrogens with zero attached hydrogens (tertiary/aromatic N) is 1. The molecule has 0 unspecified atom stereocenters. The van der Waals surface area contributed by atoms with Crippen LogP contribution in [0.3, 0.4) is 0 Å². The molecule has 5 heteroatoms. The summed E-state index contributed by atoms with van der Waals surface area (Å²) in [4.78, 5) is 3.77. The van der Waals surface area contributed by atoms with E-state index in [1.807, 2.05) is 0 Å². The molecular formula is C6H9NO3S. The van der Waals surface area contributed by atoms with Gasteiger partial charge in [-0.15, -0.1) is 0 Å². The van der Waals surface area contributed by atoms with Crippen LogP contribution in [0.1, 0.15) is 11.5 Å². The molecule has 0 aliphatic heterocycles. The number of aromatic nitrogens is 1. The first-order valence-electron chi connectivity index (χ1n) is 3.06. The molecule has 0 aliphatic rings. The molecule has 1 rings (SSSR count). The second-order valence-corrected chi connectivity index (χ2v) is 4.57. The van der Waals surface area contributed by atoms with Crippen molar-refractivity contribution in [1.29, 1.82) is 0 Å². The van der Waals surface area contributed by atoms with Crippen LogP contribution in [-0.2, 0) is 15.6 Å². The molecule has 0 aliphatic carbocycles. The van der Waals surface area contributed by atoms with Gasteiger partial charge in [0.25, 0.3) is 0 Å². The van der Waals surface area contributed by atoms with Crippen molar-refractivity contribution in [2.75, 3.05) is 6.26 Å². The molecule has 0 N–H and O–H groups in total. The number of hydrogen-bond donors (Lipinski definition) is 0. The molecule has 11 heavy (non-hydrogen) atoms. The third kappa shape index (κ3) is 2.34. The van der Waals surface area contributed by atoms with Gasteiger partial charge in [0, 0.05) is 6.26 Å². The third-order valence-corrected chi connectivity index (χ3v) is 2.02. The van der Waals surface area contributed by atoms with E-state index in [-0.39, 0.29) is 5.75 Å². The molecule has 0 saturated carbocycles. The van der Waals surface area contributed by atoms with E-state index in [1.165, 1.54) is 6.39 Å². The highest BCUT2D eigenvalue weighted by atomic mass is 32.2. The number of sulfone groups is 1. The van der Waals surface area contributed by atoms with E-state index in [4.69, 9.17) is 4.42 Å². The van der Waals surface area contributed by atoms with Crippen molar-refractivity contribution in [2.45, 2.75) is 12.7 Å². The van der Waals surface area contributed by atoms with E-state index in [0.29, 0.717) is 11.5 Å². The van der Waals surface area contributed by atoms with Gasteiger partial charge in [-0.05, 0) is 6.92 Å². The zero-order valence-electron chi connectivity index (χ0n) is 6.36. The van der Waals surface area contributed by atoms with E-state index >= 15 is 0 Å². The molecule has 1 aromatic rings. The molecule has 1 heterocycles. The maximum Gasteiger partial charge on any atom is 0.181 e. The maximum atomic E-state index is 10.8. The Bertz CT molecular complexity index is 338. The zero-order valence-corrected chi connectivity index (χ0v) is 7.18. The van der Waals surface area contributed by atoms with Gasteiger partial charge < -0.3 is 4.42 Å². The van der Waals surface area contributed by atoms with Crippen molar-refractivity contribution in [1.82, 2.24) is 4.98 Å². The highest BCUT2D eigenvalue weighted by molar-refractivity contribution is 7.89. The second-order valence-electron chi connectivity index (χ2n) is 2.43. The lowest BCUT2D eigenvalue weighted by Crippen LogP contribution is -2.00. The zero-order chi connectivity index (χ0) is 8.48. The van der Waals surface area contributed by atoms with Gasteiger partial charge in [-0.2, -0.15) is 0 Å². The minimum atomic E-state index is -3.00. The quantitative estimate of drug-likeness (QED) is 0.657. The van der Waals surface area contributed by atoms with Crippen LogP contribution in [-0.4, -0.2) is 19.7 Å². The standard InChI is InChI=1S/C6H9NO3S/c1-5-6(10-4-7-5)3-11(2,8)9/h4H,3H2,1-2H3. The van der Waals surface area contributed by atoms with E-state index in [2.05, 4.69) is 4.98 Å². The van der Waals surface area contributed by atoms with Crippen LogP contribution >= 0.6 is 0 Å². The van der Waals surface area contributed by atoms with Gasteiger partial charge in [-0.1, -0.05) is 0 Å². The topological polar surface area (TPSA) is 60.2 Å².